The summed E-state index contributed by atoms with van der Waals surface area (Å²) in [5, 5.41) is 0.844. The second-order valence-corrected chi connectivity index (χ2v) is 7.34. The van der Waals surface area contributed by atoms with Gasteiger partial charge in [0.25, 0.3) is 0 Å². The summed E-state index contributed by atoms with van der Waals surface area (Å²) in [6, 6.07) is 7.25. The second kappa shape index (κ2) is 6.58. The fraction of sp³-hybridized carbons (Fsp3) is 0.667. The van der Waals surface area contributed by atoms with Crippen LogP contribution in [-0.4, -0.2) is 18.6 Å². The van der Waals surface area contributed by atoms with Crippen molar-refractivity contribution in [2.75, 3.05) is 11.4 Å². The van der Waals surface area contributed by atoms with Crippen LogP contribution in [0, 0.1) is 5.92 Å². The second-order valence-electron chi connectivity index (χ2n) is 6.90. The first-order valence-corrected chi connectivity index (χ1v) is 8.83. The third kappa shape index (κ3) is 3.37. The van der Waals surface area contributed by atoms with Crippen LogP contribution in [0.5, 0.6) is 0 Å². The molecule has 21 heavy (non-hydrogen) atoms. The number of hydrogen-bond acceptors (Lipinski definition) is 2. The van der Waals surface area contributed by atoms with E-state index in [1.165, 1.54) is 56.3 Å². The largest absolute Gasteiger partial charge is 0.368 e. The Bertz CT molecular complexity index is 484. The molecule has 3 rings (SSSR count). The minimum absolute atomic E-state index is 0.192. The summed E-state index contributed by atoms with van der Waals surface area (Å²) in [5.74, 6) is 0.884. The zero-order chi connectivity index (χ0) is 14.8. The van der Waals surface area contributed by atoms with Crippen LogP contribution in [-0.2, 0) is 6.42 Å². The maximum absolute atomic E-state index is 6.29. The van der Waals surface area contributed by atoms with E-state index in [1.807, 2.05) is 6.07 Å². The summed E-state index contributed by atoms with van der Waals surface area (Å²) < 4.78 is 0. The van der Waals surface area contributed by atoms with E-state index in [2.05, 4.69) is 24.0 Å². The summed E-state index contributed by atoms with van der Waals surface area (Å²) in [4.78, 5) is 2.65. The third-order valence-electron chi connectivity index (χ3n) is 5.14. The number of hydrogen-bond donors (Lipinski definition) is 1. The van der Waals surface area contributed by atoms with Gasteiger partial charge in [-0.3, -0.25) is 0 Å². The Balaban J connectivity index is 1.91. The molecule has 3 unspecified atom stereocenters. The molecule has 1 saturated heterocycles. The Hall–Kier alpha value is -0.730. The molecule has 0 aromatic heterocycles. The van der Waals surface area contributed by atoms with Crippen molar-refractivity contribution < 1.29 is 0 Å². The van der Waals surface area contributed by atoms with Crippen molar-refractivity contribution in [3.63, 3.8) is 0 Å². The molecule has 116 valence electrons. The van der Waals surface area contributed by atoms with E-state index in [0.717, 1.165) is 23.4 Å². The highest BCUT2D eigenvalue weighted by atomic mass is 35.5. The highest BCUT2D eigenvalue weighted by Gasteiger charge is 2.34. The highest BCUT2D eigenvalue weighted by molar-refractivity contribution is 6.30. The molecule has 0 amide bonds. The van der Waals surface area contributed by atoms with Crippen LogP contribution in [0.4, 0.5) is 5.69 Å². The van der Waals surface area contributed by atoms with Gasteiger partial charge in [0.2, 0.25) is 0 Å². The number of anilines is 1. The normalized spacial score (nSPS) is 27.3. The average Bonchev–Trinajstić information content (AvgIpc) is 2.48. The number of halogens is 1. The van der Waals surface area contributed by atoms with Crippen LogP contribution in [0.3, 0.4) is 0 Å². The summed E-state index contributed by atoms with van der Waals surface area (Å²) in [7, 11) is 0. The third-order valence-corrected chi connectivity index (χ3v) is 5.38. The van der Waals surface area contributed by atoms with Crippen molar-refractivity contribution in [2.24, 2.45) is 11.7 Å². The van der Waals surface area contributed by atoms with Crippen LogP contribution in [0.1, 0.15) is 51.0 Å². The van der Waals surface area contributed by atoms with Gasteiger partial charge in [0, 0.05) is 29.3 Å². The van der Waals surface area contributed by atoms with Gasteiger partial charge >= 0.3 is 0 Å². The Morgan fingerprint density at radius 2 is 2.00 bits per heavy atom. The number of nitrogens with zero attached hydrogens (tertiary/aromatic N) is 1. The quantitative estimate of drug-likeness (QED) is 0.897. The van der Waals surface area contributed by atoms with Gasteiger partial charge in [-0.1, -0.05) is 30.5 Å². The predicted molar refractivity (Wildman–Crippen MR) is 91.1 cm³/mol. The molecule has 0 radical (unpaired) electrons. The number of nitrogens with two attached hydrogens (primary N) is 1. The molecular weight excluding hydrogens is 280 g/mol. The van der Waals surface area contributed by atoms with E-state index in [9.17, 15) is 0 Å². The van der Waals surface area contributed by atoms with Gasteiger partial charge in [0.05, 0.1) is 0 Å². The van der Waals surface area contributed by atoms with Crippen molar-refractivity contribution in [2.45, 2.75) is 64.0 Å². The maximum Gasteiger partial charge on any atom is 0.0426 e. The van der Waals surface area contributed by atoms with Gasteiger partial charge in [-0.05, 0) is 62.6 Å². The number of benzene rings is 1. The Kier molecular flexibility index (Phi) is 4.75. The van der Waals surface area contributed by atoms with Crippen molar-refractivity contribution in [1.29, 1.82) is 0 Å². The Morgan fingerprint density at radius 3 is 2.81 bits per heavy atom. The van der Waals surface area contributed by atoms with E-state index in [-0.39, 0.29) is 6.04 Å². The van der Waals surface area contributed by atoms with Gasteiger partial charge in [0.1, 0.15) is 0 Å². The number of fused-ring (bicyclic) bond motifs is 1. The van der Waals surface area contributed by atoms with E-state index in [1.54, 1.807) is 0 Å². The lowest BCUT2D eigenvalue weighted by Crippen LogP contribution is -2.47. The van der Waals surface area contributed by atoms with Crippen LogP contribution < -0.4 is 10.6 Å². The van der Waals surface area contributed by atoms with E-state index in [0.29, 0.717) is 0 Å². The molecule has 0 bridgehead atoms. The Labute approximate surface area is 133 Å². The first kappa shape index (κ1) is 15.2. The smallest absolute Gasteiger partial charge is 0.0426 e. The van der Waals surface area contributed by atoms with Crippen LogP contribution in [0.15, 0.2) is 18.2 Å². The molecule has 1 aliphatic heterocycles. The minimum Gasteiger partial charge on any atom is -0.368 e. The standard InChI is InChI=1S/C18H27ClN2/c1-13(20)11-15-8-9-16(19)12-18(15)21-10-4-6-14-5-2-3-7-17(14)21/h8-9,12-14,17H,2-7,10-11,20H2,1H3. The molecule has 2 aliphatic rings. The summed E-state index contributed by atoms with van der Waals surface area (Å²) >= 11 is 6.29. The van der Waals surface area contributed by atoms with Gasteiger partial charge in [-0.15, -0.1) is 0 Å². The first-order chi connectivity index (χ1) is 10.1. The predicted octanol–water partition coefficient (Wildman–Crippen LogP) is 4.39. The summed E-state index contributed by atoms with van der Waals surface area (Å²) in [6.45, 7) is 3.26. The van der Waals surface area contributed by atoms with Gasteiger partial charge in [0.15, 0.2) is 0 Å². The lowest BCUT2D eigenvalue weighted by molar-refractivity contribution is 0.243. The lowest BCUT2D eigenvalue weighted by Gasteiger charge is -2.46. The molecule has 1 aromatic carbocycles. The summed E-state index contributed by atoms with van der Waals surface area (Å²) in [6.07, 6.45) is 9.19. The average molecular weight is 307 g/mol. The molecule has 0 spiro atoms. The van der Waals surface area contributed by atoms with Gasteiger partial charge in [-0.2, -0.15) is 0 Å². The van der Waals surface area contributed by atoms with Crippen molar-refractivity contribution in [3.05, 3.63) is 28.8 Å². The van der Waals surface area contributed by atoms with Gasteiger partial charge in [-0.25, -0.2) is 0 Å². The maximum atomic E-state index is 6.29. The molecule has 1 heterocycles. The fourth-order valence-corrected chi connectivity index (χ4v) is 4.41. The van der Waals surface area contributed by atoms with Gasteiger partial charge < -0.3 is 10.6 Å². The van der Waals surface area contributed by atoms with E-state index >= 15 is 0 Å². The topological polar surface area (TPSA) is 29.3 Å². The Morgan fingerprint density at radius 1 is 1.24 bits per heavy atom. The molecule has 1 aromatic rings. The van der Waals surface area contributed by atoms with Crippen molar-refractivity contribution in [3.8, 4) is 0 Å². The molecule has 1 aliphatic carbocycles. The lowest BCUT2D eigenvalue weighted by atomic mass is 9.78. The SMILES string of the molecule is CC(N)Cc1ccc(Cl)cc1N1CCCC2CCCCC21. The van der Waals surface area contributed by atoms with E-state index < -0.39 is 0 Å². The minimum atomic E-state index is 0.192. The highest BCUT2D eigenvalue weighted by Crippen LogP contribution is 2.39. The van der Waals surface area contributed by atoms with Crippen molar-refractivity contribution >= 4 is 17.3 Å². The van der Waals surface area contributed by atoms with Crippen molar-refractivity contribution in [1.82, 2.24) is 0 Å². The molecule has 2 fully saturated rings. The van der Waals surface area contributed by atoms with Crippen LogP contribution in [0.2, 0.25) is 5.02 Å². The fourth-order valence-electron chi connectivity index (χ4n) is 4.25. The molecule has 2 N–H and O–H groups in total. The number of rotatable bonds is 3. The first-order valence-electron chi connectivity index (χ1n) is 8.46. The molecule has 2 nitrogen and oxygen atoms in total. The van der Waals surface area contributed by atoms with Crippen LogP contribution in [0.25, 0.3) is 0 Å². The summed E-state index contributed by atoms with van der Waals surface area (Å²) in [5.41, 5.74) is 8.75. The molecule has 3 heteroatoms. The van der Waals surface area contributed by atoms with E-state index in [4.69, 9.17) is 17.3 Å². The molecule has 1 saturated carbocycles. The molecular formula is C18H27ClN2. The van der Waals surface area contributed by atoms with Crippen LogP contribution >= 0.6 is 11.6 Å². The zero-order valence-corrected chi connectivity index (χ0v) is 13.8. The zero-order valence-electron chi connectivity index (χ0n) is 13.0. The number of piperidine rings is 1. The monoisotopic (exact) mass is 306 g/mol. The molecule has 3 atom stereocenters.